The van der Waals surface area contributed by atoms with Gasteiger partial charge in [-0.2, -0.15) is 0 Å². The molecule has 0 saturated carbocycles. The van der Waals surface area contributed by atoms with E-state index in [0.717, 1.165) is 28.3 Å². The van der Waals surface area contributed by atoms with Crippen LogP contribution in [0.15, 0.2) is 34.7 Å². The molecule has 0 amide bonds. The highest BCUT2D eigenvalue weighted by Crippen LogP contribution is 2.28. The topological polar surface area (TPSA) is 39.2 Å². The largest absolute Gasteiger partial charge is 0.461 e. The van der Waals surface area contributed by atoms with Crippen LogP contribution in [0, 0.1) is 13.8 Å². The van der Waals surface area contributed by atoms with Crippen LogP contribution in [0.3, 0.4) is 0 Å². The lowest BCUT2D eigenvalue weighted by Gasteiger charge is -2.04. The zero-order valence-electron chi connectivity index (χ0n) is 8.37. The molecule has 0 aliphatic carbocycles. The molecule has 0 atom stereocenters. The maximum absolute atomic E-state index is 5.82. The van der Waals surface area contributed by atoms with Gasteiger partial charge in [-0.25, -0.2) is 0 Å². The summed E-state index contributed by atoms with van der Waals surface area (Å²) in [4.78, 5) is 0. The molecule has 0 aliphatic heterocycles. The van der Waals surface area contributed by atoms with Crippen molar-refractivity contribution >= 4 is 5.69 Å². The van der Waals surface area contributed by atoms with Crippen molar-refractivity contribution in [3.8, 4) is 11.3 Å². The van der Waals surface area contributed by atoms with Crippen LogP contribution in [0.4, 0.5) is 5.69 Å². The second kappa shape index (κ2) is 3.22. The molecule has 14 heavy (non-hydrogen) atoms. The number of hydrogen-bond acceptors (Lipinski definition) is 2. The lowest BCUT2D eigenvalue weighted by molar-refractivity contribution is 0.548. The smallest absolute Gasteiger partial charge is 0.134 e. The number of furan rings is 1. The van der Waals surface area contributed by atoms with Crippen LogP contribution in [0.5, 0.6) is 0 Å². The number of anilines is 1. The van der Waals surface area contributed by atoms with E-state index in [0.29, 0.717) is 0 Å². The number of benzene rings is 1. The predicted molar refractivity (Wildman–Crippen MR) is 58.0 cm³/mol. The van der Waals surface area contributed by atoms with Crippen molar-refractivity contribution in [1.29, 1.82) is 0 Å². The van der Waals surface area contributed by atoms with Crippen molar-refractivity contribution in [1.82, 2.24) is 0 Å². The van der Waals surface area contributed by atoms with E-state index in [1.165, 1.54) is 0 Å². The summed E-state index contributed by atoms with van der Waals surface area (Å²) in [5, 5.41) is 0. The Labute approximate surface area is 83.4 Å². The molecule has 0 fully saturated rings. The van der Waals surface area contributed by atoms with Crippen LogP contribution in [0.25, 0.3) is 11.3 Å². The maximum atomic E-state index is 5.82. The highest BCUT2D eigenvalue weighted by atomic mass is 16.3. The average Bonchev–Trinajstić information content (AvgIpc) is 2.57. The molecule has 2 heteroatoms. The first kappa shape index (κ1) is 8.88. The molecule has 2 nitrogen and oxygen atoms in total. The molecule has 0 aliphatic rings. The van der Waals surface area contributed by atoms with Gasteiger partial charge in [0.15, 0.2) is 0 Å². The van der Waals surface area contributed by atoms with Crippen LogP contribution in [0.1, 0.15) is 11.3 Å². The van der Waals surface area contributed by atoms with Gasteiger partial charge in [-0.15, -0.1) is 0 Å². The Hall–Kier alpha value is -1.70. The Morgan fingerprint density at radius 3 is 2.50 bits per heavy atom. The van der Waals surface area contributed by atoms with E-state index in [2.05, 4.69) is 0 Å². The minimum atomic E-state index is 0.802. The Bertz CT molecular complexity index is 457. The highest BCUT2D eigenvalue weighted by molar-refractivity contribution is 5.69. The molecule has 0 unspecified atom stereocenters. The normalized spacial score (nSPS) is 10.4. The molecular weight excluding hydrogens is 174 g/mol. The highest BCUT2D eigenvalue weighted by Gasteiger charge is 2.06. The third kappa shape index (κ3) is 1.39. The molecular formula is C12H13NO. The first-order chi connectivity index (χ1) is 6.68. The SMILES string of the molecule is Cc1ccc(-c2cccc(N)c2C)o1. The van der Waals surface area contributed by atoms with Crippen molar-refractivity contribution in [3.63, 3.8) is 0 Å². The zero-order chi connectivity index (χ0) is 10.1. The average molecular weight is 187 g/mol. The van der Waals surface area contributed by atoms with E-state index < -0.39 is 0 Å². The number of nitrogen functional groups attached to an aromatic ring is 1. The van der Waals surface area contributed by atoms with Gasteiger partial charge >= 0.3 is 0 Å². The third-order valence-electron chi connectivity index (χ3n) is 2.38. The molecule has 1 heterocycles. The van der Waals surface area contributed by atoms with Gasteiger partial charge in [-0.3, -0.25) is 0 Å². The molecule has 72 valence electrons. The first-order valence-corrected chi connectivity index (χ1v) is 4.60. The van der Waals surface area contributed by atoms with Crippen LogP contribution in [0.2, 0.25) is 0 Å². The summed E-state index contributed by atoms with van der Waals surface area (Å²) in [6.45, 7) is 3.94. The van der Waals surface area contributed by atoms with Crippen LogP contribution in [-0.4, -0.2) is 0 Å². The fraction of sp³-hybridized carbons (Fsp3) is 0.167. The van der Waals surface area contributed by atoms with E-state index in [4.69, 9.17) is 10.2 Å². The summed E-state index contributed by atoms with van der Waals surface area (Å²) >= 11 is 0. The Kier molecular flexibility index (Phi) is 2.04. The minimum Gasteiger partial charge on any atom is -0.461 e. The van der Waals surface area contributed by atoms with Crippen molar-refractivity contribution in [3.05, 3.63) is 41.7 Å². The van der Waals surface area contributed by atoms with E-state index in [1.54, 1.807) is 0 Å². The molecule has 1 aromatic carbocycles. The standard InChI is InChI=1S/C12H13NO/c1-8-6-7-12(14-8)10-4-3-5-11(13)9(10)2/h3-7H,13H2,1-2H3. The Balaban J connectivity index is 2.57. The summed E-state index contributed by atoms with van der Waals surface area (Å²) in [5.41, 5.74) is 8.76. The fourth-order valence-corrected chi connectivity index (χ4v) is 1.50. The Morgan fingerprint density at radius 1 is 1.07 bits per heavy atom. The summed E-state index contributed by atoms with van der Waals surface area (Å²) in [5.74, 6) is 1.80. The van der Waals surface area contributed by atoms with Crippen molar-refractivity contribution in [2.75, 3.05) is 5.73 Å². The van der Waals surface area contributed by atoms with Crippen LogP contribution in [-0.2, 0) is 0 Å². The summed E-state index contributed by atoms with van der Waals surface area (Å²) in [6.07, 6.45) is 0. The van der Waals surface area contributed by atoms with Crippen LogP contribution >= 0.6 is 0 Å². The lowest BCUT2D eigenvalue weighted by atomic mass is 10.1. The first-order valence-electron chi connectivity index (χ1n) is 4.60. The van der Waals surface area contributed by atoms with Gasteiger partial charge in [-0.05, 0) is 37.6 Å². The van der Waals surface area contributed by atoms with Crippen molar-refractivity contribution in [2.24, 2.45) is 0 Å². The monoisotopic (exact) mass is 187 g/mol. The molecule has 2 aromatic rings. The van der Waals surface area contributed by atoms with Crippen molar-refractivity contribution < 1.29 is 4.42 Å². The minimum absolute atomic E-state index is 0.802. The van der Waals surface area contributed by atoms with Gasteiger partial charge in [0.1, 0.15) is 11.5 Å². The van der Waals surface area contributed by atoms with Crippen LogP contribution < -0.4 is 5.73 Å². The van der Waals surface area contributed by atoms with Gasteiger partial charge in [0, 0.05) is 11.3 Å². The second-order valence-corrected chi connectivity index (χ2v) is 3.43. The number of nitrogens with two attached hydrogens (primary N) is 1. The van der Waals surface area contributed by atoms with E-state index >= 15 is 0 Å². The van der Waals surface area contributed by atoms with Gasteiger partial charge in [0.05, 0.1) is 0 Å². The molecule has 0 spiro atoms. The van der Waals surface area contributed by atoms with Crippen molar-refractivity contribution in [2.45, 2.75) is 13.8 Å². The third-order valence-corrected chi connectivity index (χ3v) is 2.38. The molecule has 2 N–H and O–H groups in total. The lowest BCUT2D eigenvalue weighted by Crippen LogP contribution is -1.90. The van der Waals surface area contributed by atoms with E-state index in [1.807, 2.05) is 44.2 Å². The summed E-state index contributed by atoms with van der Waals surface area (Å²) < 4.78 is 5.55. The quantitative estimate of drug-likeness (QED) is 0.696. The number of aryl methyl sites for hydroxylation is 1. The van der Waals surface area contributed by atoms with E-state index in [9.17, 15) is 0 Å². The summed E-state index contributed by atoms with van der Waals surface area (Å²) in [7, 11) is 0. The van der Waals surface area contributed by atoms with Gasteiger partial charge in [-0.1, -0.05) is 12.1 Å². The van der Waals surface area contributed by atoms with E-state index in [-0.39, 0.29) is 0 Å². The molecule has 0 radical (unpaired) electrons. The van der Waals surface area contributed by atoms with Gasteiger partial charge < -0.3 is 10.2 Å². The molecule has 2 rings (SSSR count). The Morgan fingerprint density at radius 2 is 1.86 bits per heavy atom. The number of hydrogen-bond donors (Lipinski definition) is 1. The predicted octanol–water partition coefficient (Wildman–Crippen LogP) is 3.15. The fourth-order valence-electron chi connectivity index (χ4n) is 1.50. The number of rotatable bonds is 1. The summed E-state index contributed by atoms with van der Waals surface area (Å²) in [6, 6.07) is 9.78. The maximum Gasteiger partial charge on any atom is 0.134 e. The van der Waals surface area contributed by atoms with Gasteiger partial charge in [0.25, 0.3) is 0 Å². The second-order valence-electron chi connectivity index (χ2n) is 3.43. The molecule has 0 saturated heterocycles. The molecule has 1 aromatic heterocycles. The molecule has 0 bridgehead atoms. The van der Waals surface area contributed by atoms with Gasteiger partial charge in [0.2, 0.25) is 0 Å². The zero-order valence-corrected chi connectivity index (χ0v) is 8.37.